The van der Waals surface area contributed by atoms with Gasteiger partial charge in [0.05, 0.1) is 12.3 Å². The molecule has 1 aliphatic rings. The number of hydrogen-bond acceptors (Lipinski definition) is 5. The van der Waals surface area contributed by atoms with Crippen LogP contribution < -0.4 is 15.4 Å². The average molecular weight is 460 g/mol. The van der Waals surface area contributed by atoms with Gasteiger partial charge in [0, 0.05) is 18.2 Å². The molecule has 2 N–H and O–H groups in total. The molecule has 0 fully saturated rings. The number of halogens is 6. The van der Waals surface area contributed by atoms with Gasteiger partial charge in [0.25, 0.3) is 5.91 Å². The molecule has 170 valence electrons. The fourth-order valence-electron chi connectivity index (χ4n) is 3.30. The smallest absolute Gasteiger partial charge is 0.467 e. The monoisotopic (exact) mass is 460 g/mol. The Balaban J connectivity index is 1.54. The number of hydrogen-bond donors (Lipinski definition) is 2. The highest BCUT2D eigenvalue weighted by Crippen LogP contribution is 2.43. The molecule has 1 aromatic carbocycles. The number of rotatable bonds is 4. The summed E-state index contributed by atoms with van der Waals surface area (Å²) in [5, 5.41) is 9.04. The number of aromatic nitrogens is 2. The van der Waals surface area contributed by atoms with Crippen molar-refractivity contribution in [2.24, 2.45) is 0 Å². The number of carbonyl (C=O) groups is 1. The number of nitrogens with zero attached hydrogens (tertiary/aromatic N) is 2. The Morgan fingerprint density at radius 1 is 1.16 bits per heavy atom. The predicted octanol–water partition coefficient (Wildman–Crippen LogP) is 5.29. The number of carbonyl (C=O) groups excluding carboxylic acids is 1. The van der Waals surface area contributed by atoms with Crippen molar-refractivity contribution in [2.45, 2.75) is 31.0 Å². The van der Waals surface area contributed by atoms with Crippen molar-refractivity contribution in [2.75, 3.05) is 10.6 Å². The molecule has 13 heteroatoms. The zero-order chi connectivity index (χ0) is 23.1. The number of fused-ring (bicyclic) bond motifs is 1. The number of benzene rings is 1. The summed E-state index contributed by atoms with van der Waals surface area (Å²) in [6, 6.07) is 5.74. The van der Waals surface area contributed by atoms with Crippen LogP contribution in [0.1, 0.15) is 34.8 Å². The quantitative estimate of drug-likeness (QED) is 0.518. The number of furan rings is 1. The van der Waals surface area contributed by atoms with Gasteiger partial charge in [-0.05, 0) is 36.4 Å². The van der Waals surface area contributed by atoms with Crippen molar-refractivity contribution >= 4 is 17.4 Å². The van der Waals surface area contributed by atoms with Gasteiger partial charge in [-0.1, -0.05) is 0 Å². The van der Waals surface area contributed by atoms with E-state index in [9.17, 15) is 31.1 Å². The summed E-state index contributed by atoms with van der Waals surface area (Å²) in [6.45, 7) is 0. The molecule has 0 radical (unpaired) electrons. The third-order valence-corrected chi connectivity index (χ3v) is 4.65. The van der Waals surface area contributed by atoms with Crippen molar-refractivity contribution in [3.8, 4) is 5.75 Å². The first-order valence-corrected chi connectivity index (χ1v) is 9.13. The van der Waals surface area contributed by atoms with Gasteiger partial charge in [0.15, 0.2) is 11.7 Å². The average Bonchev–Trinajstić information content (AvgIpc) is 3.36. The first-order valence-electron chi connectivity index (χ1n) is 9.13. The molecule has 0 aliphatic carbocycles. The Kier molecular flexibility index (Phi) is 5.26. The van der Waals surface area contributed by atoms with E-state index in [1.165, 1.54) is 12.3 Å². The molecule has 7 nitrogen and oxygen atoms in total. The minimum absolute atomic E-state index is 0.0287. The van der Waals surface area contributed by atoms with Crippen molar-refractivity contribution in [1.29, 1.82) is 0 Å². The van der Waals surface area contributed by atoms with E-state index < -0.39 is 42.7 Å². The van der Waals surface area contributed by atoms with Crippen LogP contribution in [0.3, 0.4) is 0 Å². The van der Waals surface area contributed by atoms with Crippen LogP contribution in [0.15, 0.2) is 53.1 Å². The molecular weight excluding hydrogens is 446 g/mol. The molecule has 1 aliphatic heterocycles. The third kappa shape index (κ3) is 4.65. The van der Waals surface area contributed by atoms with E-state index in [0.29, 0.717) is 10.4 Å². The Morgan fingerprint density at radius 2 is 1.88 bits per heavy atom. The second-order valence-corrected chi connectivity index (χ2v) is 6.89. The van der Waals surface area contributed by atoms with E-state index in [1.54, 1.807) is 6.07 Å². The summed E-state index contributed by atoms with van der Waals surface area (Å²) in [5.74, 6) is -1.05. The van der Waals surface area contributed by atoms with Gasteiger partial charge >= 0.3 is 12.5 Å². The normalized spacial score (nSPS) is 18.6. The number of ether oxygens (including phenoxy) is 1. The van der Waals surface area contributed by atoms with Crippen LogP contribution in [-0.4, -0.2) is 28.2 Å². The maximum Gasteiger partial charge on any atom is 0.573 e. The molecule has 0 bridgehead atoms. The maximum absolute atomic E-state index is 13.6. The number of alkyl halides is 6. The minimum Gasteiger partial charge on any atom is -0.467 e. The van der Waals surface area contributed by atoms with Crippen molar-refractivity contribution in [1.82, 2.24) is 9.78 Å². The zero-order valence-electron chi connectivity index (χ0n) is 15.9. The SMILES string of the molecule is O=C(Nc1ccc(OC(F)(F)F)cc1)c1cc2n(n1)[C@H](C(F)(F)F)C[C@@H](c1ccco1)N2. The largest absolute Gasteiger partial charge is 0.573 e. The predicted molar refractivity (Wildman–Crippen MR) is 98.1 cm³/mol. The third-order valence-electron chi connectivity index (χ3n) is 4.65. The van der Waals surface area contributed by atoms with Crippen molar-refractivity contribution in [3.63, 3.8) is 0 Å². The number of amides is 1. The molecular formula is C19H14F6N4O3. The molecule has 1 amide bonds. The van der Waals surface area contributed by atoms with Gasteiger partial charge in [-0.25, -0.2) is 4.68 Å². The lowest BCUT2D eigenvalue weighted by atomic mass is 10.0. The fourth-order valence-corrected chi connectivity index (χ4v) is 3.30. The van der Waals surface area contributed by atoms with Gasteiger partial charge in [0.1, 0.15) is 17.3 Å². The molecule has 0 spiro atoms. The molecule has 2 atom stereocenters. The summed E-state index contributed by atoms with van der Waals surface area (Å²) < 4.78 is 87.2. The second-order valence-electron chi connectivity index (χ2n) is 6.89. The van der Waals surface area contributed by atoms with E-state index in [4.69, 9.17) is 4.42 Å². The van der Waals surface area contributed by atoms with Crippen LogP contribution in [0.5, 0.6) is 5.75 Å². The van der Waals surface area contributed by atoms with Crippen LogP contribution in [0.4, 0.5) is 37.8 Å². The number of nitrogens with one attached hydrogen (secondary N) is 2. The van der Waals surface area contributed by atoms with Crippen LogP contribution in [0.2, 0.25) is 0 Å². The van der Waals surface area contributed by atoms with Gasteiger partial charge in [-0.3, -0.25) is 4.79 Å². The van der Waals surface area contributed by atoms with E-state index in [-0.39, 0.29) is 17.2 Å². The van der Waals surface area contributed by atoms with E-state index >= 15 is 0 Å². The van der Waals surface area contributed by atoms with Crippen LogP contribution in [0, 0.1) is 0 Å². The lowest BCUT2D eigenvalue weighted by molar-refractivity contribution is -0.274. The van der Waals surface area contributed by atoms with Crippen LogP contribution >= 0.6 is 0 Å². The zero-order valence-corrected chi connectivity index (χ0v) is 15.9. The van der Waals surface area contributed by atoms with Gasteiger partial charge < -0.3 is 19.8 Å². The molecule has 0 unspecified atom stereocenters. The Labute approximate surface area is 175 Å². The molecule has 0 saturated heterocycles. The summed E-state index contributed by atoms with van der Waals surface area (Å²) in [4.78, 5) is 12.5. The van der Waals surface area contributed by atoms with E-state index in [0.717, 1.165) is 30.3 Å². The first-order chi connectivity index (χ1) is 15.0. The van der Waals surface area contributed by atoms with Gasteiger partial charge in [0.2, 0.25) is 0 Å². The summed E-state index contributed by atoms with van der Waals surface area (Å²) in [7, 11) is 0. The molecule has 3 heterocycles. The highest BCUT2D eigenvalue weighted by Gasteiger charge is 2.47. The van der Waals surface area contributed by atoms with Crippen molar-refractivity contribution < 1.29 is 40.3 Å². The van der Waals surface area contributed by atoms with Crippen LogP contribution in [-0.2, 0) is 0 Å². The first kappa shape index (κ1) is 21.6. The fraction of sp³-hybridized carbons (Fsp3) is 0.263. The van der Waals surface area contributed by atoms with E-state index in [2.05, 4.69) is 20.5 Å². The Morgan fingerprint density at radius 3 is 2.47 bits per heavy atom. The molecule has 4 rings (SSSR count). The van der Waals surface area contributed by atoms with Gasteiger partial charge in [-0.15, -0.1) is 13.2 Å². The lowest BCUT2D eigenvalue weighted by Gasteiger charge is -2.32. The molecule has 3 aromatic rings. The summed E-state index contributed by atoms with van der Waals surface area (Å²) in [6.07, 6.45) is -8.55. The second kappa shape index (κ2) is 7.80. The minimum atomic E-state index is -4.87. The standard InChI is InChI=1S/C19H14F6N4O3/c20-18(21,22)15-8-12(14-2-1-7-31-14)27-16-9-13(28-29(15)16)17(30)26-10-3-5-11(6-4-10)32-19(23,24)25/h1-7,9,12,15,27H,8H2,(H,26,30)/t12-,15-/m0/s1. The number of anilines is 2. The van der Waals surface area contributed by atoms with Crippen LogP contribution in [0.25, 0.3) is 0 Å². The Hall–Kier alpha value is -3.64. The summed E-state index contributed by atoms with van der Waals surface area (Å²) >= 11 is 0. The lowest BCUT2D eigenvalue weighted by Crippen LogP contribution is -2.35. The van der Waals surface area contributed by atoms with Crippen molar-refractivity contribution in [3.05, 3.63) is 60.2 Å². The Bertz CT molecular complexity index is 1090. The molecule has 0 saturated carbocycles. The highest BCUT2D eigenvalue weighted by molar-refractivity contribution is 6.03. The topological polar surface area (TPSA) is 81.3 Å². The highest BCUT2D eigenvalue weighted by atomic mass is 19.4. The van der Waals surface area contributed by atoms with E-state index in [1.807, 2.05) is 0 Å². The summed E-state index contributed by atoms with van der Waals surface area (Å²) in [5.41, 5.74) is -0.207. The molecule has 32 heavy (non-hydrogen) atoms. The maximum atomic E-state index is 13.6. The molecule has 2 aromatic heterocycles. The van der Waals surface area contributed by atoms with Gasteiger partial charge in [-0.2, -0.15) is 18.3 Å².